The van der Waals surface area contributed by atoms with E-state index < -0.39 is 15.0 Å². The molecule has 0 aliphatic rings. The predicted molar refractivity (Wildman–Crippen MR) is 83.6 cm³/mol. The highest BCUT2D eigenvalue weighted by atomic mass is 35.7. The molecule has 0 unspecified atom stereocenters. The Labute approximate surface area is 134 Å². The van der Waals surface area contributed by atoms with Gasteiger partial charge in [-0.3, -0.25) is 0 Å². The monoisotopic (exact) mass is 352 g/mol. The quantitative estimate of drug-likeness (QED) is 0.438. The van der Waals surface area contributed by atoms with Gasteiger partial charge in [0.25, 0.3) is 9.05 Å². The molecule has 0 amide bonds. The zero-order chi connectivity index (χ0) is 16.2. The zero-order valence-corrected chi connectivity index (χ0v) is 14.5. The Balaban J connectivity index is 2.89. The van der Waals surface area contributed by atoms with E-state index in [1.165, 1.54) is 6.07 Å². The maximum atomic E-state index is 11.9. The van der Waals surface area contributed by atoms with E-state index in [0.717, 1.165) is 18.9 Å². The third-order valence-electron chi connectivity index (χ3n) is 2.88. The fourth-order valence-electron chi connectivity index (χ4n) is 1.77. The van der Waals surface area contributed by atoms with Crippen LogP contribution in [0.15, 0.2) is 17.0 Å². The second-order valence-electron chi connectivity index (χ2n) is 5.22. The summed E-state index contributed by atoms with van der Waals surface area (Å²) in [5.74, 6) is -0.0467. The predicted octanol–water partition coefficient (Wildman–Crippen LogP) is 4.17. The van der Waals surface area contributed by atoms with Gasteiger partial charge >= 0.3 is 5.97 Å². The van der Waals surface area contributed by atoms with Crippen molar-refractivity contribution in [3.05, 3.63) is 28.3 Å². The van der Waals surface area contributed by atoms with Crippen molar-refractivity contribution in [2.75, 3.05) is 6.61 Å². The Hall–Kier alpha value is -0.780. The number of halogens is 2. The molecule has 21 heavy (non-hydrogen) atoms. The molecule has 0 bridgehead atoms. The Bertz CT molecular complexity index is 624. The van der Waals surface area contributed by atoms with Crippen LogP contribution in [0.2, 0.25) is 5.02 Å². The molecule has 0 aliphatic heterocycles. The fourth-order valence-corrected chi connectivity index (χ4v) is 3.31. The molecule has 0 heterocycles. The number of esters is 1. The molecule has 0 aromatic heterocycles. The minimum atomic E-state index is -4.02. The zero-order valence-electron chi connectivity index (χ0n) is 12.2. The van der Waals surface area contributed by atoms with E-state index in [0.29, 0.717) is 18.1 Å². The SMILES string of the molecule is Cc1cc(C(=O)OCCCC(C)C)cc(S(=O)(=O)Cl)c1Cl. The van der Waals surface area contributed by atoms with Gasteiger partial charge < -0.3 is 4.74 Å². The number of hydrogen-bond acceptors (Lipinski definition) is 4. The van der Waals surface area contributed by atoms with Crippen LogP contribution in [-0.2, 0) is 13.8 Å². The van der Waals surface area contributed by atoms with Crippen LogP contribution >= 0.6 is 22.3 Å². The van der Waals surface area contributed by atoms with Crippen molar-refractivity contribution in [2.24, 2.45) is 5.92 Å². The summed E-state index contributed by atoms with van der Waals surface area (Å²) in [6.07, 6.45) is 1.71. The third kappa shape index (κ3) is 5.49. The molecule has 0 radical (unpaired) electrons. The maximum absolute atomic E-state index is 11.9. The average Bonchev–Trinajstić information content (AvgIpc) is 2.35. The number of ether oxygens (including phenoxy) is 1. The van der Waals surface area contributed by atoms with Gasteiger partial charge in [-0.15, -0.1) is 0 Å². The minimum absolute atomic E-state index is 0.0151. The molecule has 0 N–H and O–H groups in total. The van der Waals surface area contributed by atoms with Crippen molar-refractivity contribution in [1.82, 2.24) is 0 Å². The van der Waals surface area contributed by atoms with Crippen LogP contribution in [0.5, 0.6) is 0 Å². The maximum Gasteiger partial charge on any atom is 0.338 e. The number of hydrogen-bond donors (Lipinski definition) is 0. The van der Waals surface area contributed by atoms with E-state index in [9.17, 15) is 13.2 Å². The molecule has 1 aromatic carbocycles. The summed E-state index contributed by atoms with van der Waals surface area (Å²) < 4.78 is 28.0. The van der Waals surface area contributed by atoms with E-state index >= 15 is 0 Å². The van der Waals surface area contributed by atoms with Crippen molar-refractivity contribution in [2.45, 2.75) is 38.5 Å². The van der Waals surface area contributed by atoms with Crippen LogP contribution in [0.25, 0.3) is 0 Å². The van der Waals surface area contributed by atoms with Crippen molar-refractivity contribution in [3.8, 4) is 0 Å². The normalized spacial score (nSPS) is 11.7. The van der Waals surface area contributed by atoms with Gasteiger partial charge in [0.1, 0.15) is 4.90 Å². The van der Waals surface area contributed by atoms with Gasteiger partial charge in [-0.05, 0) is 43.4 Å². The second kappa shape index (κ2) is 7.47. The van der Waals surface area contributed by atoms with Gasteiger partial charge in [0.2, 0.25) is 0 Å². The lowest BCUT2D eigenvalue weighted by molar-refractivity contribution is 0.0494. The first kappa shape index (κ1) is 18.3. The Morgan fingerprint density at radius 1 is 1.33 bits per heavy atom. The average molecular weight is 353 g/mol. The first-order chi connectivity index (χ1) is 9.62. The number of rotatable bonds is 6. The van der Waals surface area contributed by atoms with Gasteiger partial charge in [-0.1, -0.05) is 25.4 Å². The van der Waals surface area contributed by atoms with Gasteiger partial charge in [0.15, 0.2) is 0 Å². The van der Waals surface area contributed by atoms with E-state index in [4.69, 9.17) is 27.0 Å². The topological polar surface area (TPSA) is 60.4 Å². The molecule has 0 atom stereocenters. The largest absolute Gasteiger partial charge is 0.462 e. The summed E-state index contributed by atoms with van der Waals surface area (Å²) in [6.45, 7) is 6.06. The van der Waals surface area contributed by atoms with E-state index in [2.05, 4.69) is 13.8 Å². The molecule has 0 aliphatic carbocycles. The minimum Gasteiger partial charge on any atom is -0.462 e. The van der Waals surface area contributed by atoms with Gasteiger partial charge in [0, 0.05) is 10.7 Å². The van der Waals surface area contributed by atoms with E-state index in [-0.39, 0.29) is 15.5 Å². The smallest absolute Gasteiger partial charge is 0.338 e. The second-order valence-corrected chi connectivity index (χ2v) is 8.13. The Morgan fingerprint density at radius 3 is 2.48 bits per heavy atom. The van der Waals surface area contributed by atoms with Gasteiger partial charge in [-0.25, -0.2) is 13.2 Å². The van der Waals surface area contributed by atoms with Crippen molar-refractivity contribution >= 4 is 37.3 Å². The first-order valence-corrected chi connectivity index (χ1v) is 9.23. The summed E-state index contributed by atoms with van der Waals surface area (Å²) in [5, 5.41) is 0.0151. The van der Waals surface area contributed by atoms with Crippen molar-refractivity contribution in [3.63, 3.8) is 0 Å². The standard InChI is InChI=1S/C14H18Cl2O4S/c1-9(2)5-4-6-20-14(17)11-7-10(3)13(15)12(8-11)21(16,18)19/h7-9H,4-6H2,1-3H3. The highest BCUT2D eigenvalue weighted by Crippen LogP contribution is 2.29. The van der Waals surface area contributed by atoms with Crippen LogP contribution in [-0.4, -0.2) is 21.0 Å². The summed E-state index contributed by atoms with van der Waals surface area (Å²) in [6, 6.07) is 2.63. The molecule has 0 fully saturated rings. The Morgan fingerprint density at radius 2 is 1.95 bits per heavy atom. The molecule has 118 valence electrons. The number of carbonyl (C=O) groups excluding carboxylic acids is 1. The molecule has 1 aromatic rings. The Kier molecular flexibility index (Phi) is 6.50. The molecule has 7 heteroatoms. The lowest BCUT2D eigenvalue weighted by Gasteiger charge is -2.09. The lowest BCUT2D eigenvalue weighted by Crippen LogP contribution is -2.09. The highest BCUT2D eigenvalue weighted by molar-refractivity contribution is 8.13. The molecular weight excluding hydrogens is 335 g/mol. The van der Waals surface area contributed by atoms with Crippen molar-refractivity contribution < 1.29 is 17.9 Å². The van der Waals surface area contributed by atoms with Crippen LogP contribution in [0.4, 0.5) is 0 Å². The lowest BCUT2D eigenvalue weighted by atomic mass is 10.1. The van der Waals surface area contributed by atoms with E-state index in [1.807, 2.05) is 0 Å². The van der Waals surface area contributed by atoms with Gasteiger partial charge in [-0.2, -0.15) is 0 Å². The first-order valence-electron chi connectivity index (χ1n) is 6.55. The molecule has 0 saturated heterocycles. The summed E-state index contributed by atoms with van der Waals surface area (Å²) in [4.78, 5) is 11.7. The van der Waals surface area contributed by atoms with Crippen molar-refractivity contribution in [1.29, 1.82) is 0 Å². The number of aryl methyl sites for hydroxylation is 1. The molecule has 1 rings (SSSR count). The number of benzene rings is 1. The molecule has 0 saturated carbocycles. The van der Waals surface area contributed by atoms with Crippen LogP contribution < -0.4 is 0 Å². The fraction of sp³-hybridized carbons (Fsp3) is 0.500. The van der Waals surface area contributed by atoms with Crippen LogP contribution in [0.3, 0.4) is 0 Å². The third-order valence-corrected chi connectivity index (χ3v) is 4.84. The summed E-state index contributed by atoms with van der Waals surface area (Å²) in [7, 11) is 1.29. The van der Waals surface area contributed by atoms with E-state index in [1.54, 1.807) is 6.92 Å². The molecule has 4 nitrogen and oxygen atoms in total. The summed E-state index contributed by atoms with van der Waals surface area (Å²) in [5.41, 5.74) is 0.577. The summed E-state index contributed by atoms with van der Waals surface area (Å²) >= 11 is 5.90. The molecule has 0 spiro atoms. The van der Waals surface area contributed by atoms with Crippen LogP contribution in [0, 0.1) is 12.8 Å². The molecular formula is C14H18Cl2O4S. The number of carbonyl (C=O) groups is 1. The van der Waals surface area contributed by atoms with Crippen LogP contribution in [0.1, 0.15) is 42.6 Å². The van der Waals surface area contributed by atoms with Gasteiger partial charge in [0.05, 0.1) is 17.2 Å². The highest BCUT2D eigenvalue weighted by Gasteiger charge is 2.20.